The smallest absolute Gasteiger partial charge is 0.167 e. The van der Waals surface area contributed by atoms with Gasteiger partial charge in [0.25, 0.3) is 0 Å². The van der Waals surface area contributed by atoms with E-state index in [2.05, 4.69) is 41.5 Å². The van der Waals surface area contributed by atoms with E-state index in [1.54, 1.807) is 54.6 Å². The molecule has 276 valence electrons. The van der Waals surface area contributed by atoms with Gasteiger partial charge in [-0.05, 0) is 74.9 Å². The summed E-state index contributed by atoms with van der Waals surface area (Å²) in [5.41, 5.74) is 1.08. The second kappa shape index (κ2) is 19.8. The monoisotopic (exact) mass is 699 g/mol. The molecular formula is C42H57N3O6. The summed E-state index contributed by atoms with van der Waals surface area (Å²) >= 11 is 0. The van der Waals surface area contributed by atoms with Crippen LogP contribution < -0.4 is 14.2 Å². The van der Waals surface area contributed by atoms with E-state index in [0.717, 1.165) is 77.0 Å². The zero-order chi connectivity index (χ0) is 36.8. The molecule has 0 fully saturated rings. The van der Waals surface area contributed by atoms with Crippen LogP contribution in [0.15, 0.2) is 54.6 Å². The molecule has 0 amide bonds. The maximum Gasteiger partial charge on any atom is 0.167 e. The zero-order valence-corrected chi connectivity index (χ0v) is 31.3. The summed E-state index contributed by atoms with van der Waals surface area (Å²) in [6, 6.07) is 15.3. The lowest BCUT2D eigenvalue weighted by atomic mass is 10.1. The van der Waals surface area contributed by atoms with Crippen molar-refractivity contribution in [2.75, 3.05) is 0 Å². The van der Waals surface area contributed by atoms with Gasteiger partial charge >= 0.3 is 0 Å². The van der Waals surface area contributed by atoms with Gasteiger partial charge in [0.05, 0.1) is 35.0 Å². The van der Waals surface area contributed by atoms with E-state index in [9.17, 15) is 15.3 Å². The van der Waals surface area contributed by atoms with E-state index in [1.165, 1.54) is 0 Å². The van der Waals surface area contributed by atoms with E-state index in [-0.39, 0.29) is 53.0 Å². The van der Waals surface area contributed by atoms with Gasteiger partial charge in [0.1, 0.15) is 34.5 Å². The molecule has 0 saturated carbocycles. The van der Waals surface area contributed by atoms with Crippen LogP contribution in [-0.2, 0) is 0 Å². The predicted molar refractivity (Wildman–Crippen MR) is 204 cm³/mol. The zero-order valence-electron chi connectivity index (χ0n) is 31.3. The number of nitrogens with zero attached hydrogens (tertiary/aromatic N) is 3. The van der Waals surface area contributed by atoms with Crippen LogP contribution in [0.25, 0.3) is 34.2 Å². The van der Waals surface area contributed by atoms with Crippen LogP contribution in [0.5, 0.6) is 34.5 Å². The summed E-state index contributed by atoms with van der Waals surface area (Å²) < 4.78 is 18.7. The number of ether oxygens (including phenoxy) is 3. The van der Waals surface area contributed by atoms with Crippen molar-refractivity contribution in [3.8, 4) is 68.7 Å². The van der Waals surface area contributed by atoms with Gasteiger partial charge in [-0.15, -0.1) is 0 Å². The van der Waals surface area contributed by atoms with Crippen molar-refractivity contribution in [3.05, 3.63) is 54.6 Å². The third kappa shape index (κ3) is 11.0. The first-order chi connectivity index (χ1) is 24.7. The maximum absolute atomic E-state index is 11.3. The van der Waals surface area contributed by atoms with Crippen LogP contribution >= 0.6 is 0 Å². The Labute approximate surface area is 304 Å². The van der Waals surface area contributed by atoms with Crippen molar-refractivity contribution in [2.24, 2.45) is 0 Å². The Morgan fingerprint density at radius 2 is 0.647 bits per heavy atom. The molecule has 0 saturated heterocycles. The van der Waals surface area contributed by atoms with Gasteiger partial charge in [-0.3, -0.25) is 0 Å². The molecule has 1 aromatic heterocycles. The number of aromatic hydroxyl groups is 3. The third-order valence-corrected chi connectivity index (χ3v) is 8.84. The van der Waals surface area contributed by atoms with Crippen LogP contribution in [0.3, 0.4) is 0 Å². The molecule has 0 spiro atoms. The number of benzene rings is 3. The average molecular weight is 700 g/mol. The van der Waals surface area contributed by atoms with Crippen LogP contribution in [0.2, 0.25) is 0 Å². The Kier molecular flexibility index (Phi) is 15.2. The molecule has 9 nitrogen and oxygen atoms in total. The molecule has 0 bridgehead atoms. The lowest BCUT2D eigenvalue weighted by Gasteiger charge is -2.19. The summed E-state index contributed by atoms with van der Waals surface area (Å²) in [7, 11) is 0. The molecule has 4 rings (SSSR count). The van der Waals surface area contributed by atoms with Crippen molar-refractivity contribution in [3.63, 3.8) is 0 Å². The molecule has 9 heteroatoms. The first-order valence-electron chi connectivity index (χ1n) is 19.0. The molecule has 4 aromatic rings. The first kappa shape index (κ1) is 39.3. The van der Waals surface area contributed by atoms with E-state index in [4.69, 9.17) is 29.2 Å². The van der Waals surface area contributed by atoms with Gasteiger partial charge in [0.15, 0.2) is 17.5 Å². The molecule has 0 aliphatic carbocycles. The van der Waals surface area contributed by atoms with Gasteiger partial charge in [-0.25, -0.2) is 15.0 Å². The Morgan fingerprint density at radius 1 is 0.412 bits per heavy atom. The Morgan fingerprint density at radius 3 is 0.843 bits per heavy atom. The minimum absolute atomic E-state index is 0.0564. The fraction of sp³-hybridized carbons (Fsp3) is 0.500. The average Bonchev–Trinajstić information content (AvgIpc) is 3.09. The van der Waals surface area contributed by atoms with Crippen LogP contribution in [0.1, 0.15) is 119 Å². The summed E-state index contributed by atoms with van der Waals surface area (Å²) in [5.74, 6) is 2.04. The van der Waals surface area contributed by atoms with Crippen molar-refractivity contribution >= 4 is 0 Å². The minimum atomic E-state index is -0.0564. The fourth-order valence-corrected chi connectivity index (χ4v) is 6.35. The Balaban J connectivity index is 1.77. The van der Waals surface area contributed by atoms with Crippen LogP contribution in [0.4, 0.5) is 0 Å². The highest BCUT2D eigenvalue weighted by molar-refractivity contribution is 5.74. The second-order valence-corrected chi connectivity index (χ2v) is 13.3. The highest BCUT2D eigenvalue weighted by atomic mass is 16.5. The van der Waals surface area contributed by atoms with E-state index in [0.29, 0.717) is 33.9 Å². The highest BCUT2D eigenvalue weighted by Gasteiger charge is 2.21. The highest BCUT2D eigenvalue weighted by Crippen LogP contribution is 2.38. The van der Waals surface area contributed by atoms with Gasteiger partial charge in [-0.1, -0.05) is 80.1 Å². The van der Waals surface area contributed by atoms with Crippen molar-refractivity contribution in [2.45, 2.75) is 137 Å². The molecule has 0 aliphatic rings. The molecule has 0 atom stereocenters. The Hall–Kier alpha value is -4.53. The van der Waals surface area contributed by atoms with Crippen molar-refractivity contribution < 1.29 is 29.5 Å². The lowest BCUT2D eigenvalue weighted by molar-refractivity contribution is 0.178. The fourth-order valence-electron chi connectivity index (χ4n) is 6.35. The number of hydrogen-bond acceptors (Lipinski definition) is 9. The van der Waals surface area contributed by atoms with Crippen molar-refractivity contribution in [1.82, 2.24) is 15.0 Å². The van der Waals surface area contributed by atoms with Gasteiger partial charge in [0.2, 0.25) is 0 Å². The number of hydrogen-bond donors (Lipinski definition) is 3. The van der Waals surface area contributed by atoms with Gasteiger partial charge in [-0.2, -0.15) is 0 Å². The predicted octanol–water partition coefficient (Wildman–Crippen LogP) is 11.0. The quantitative estimate of drug-likeness (QED) is 0.0778. The third-order valence-electron chi connectivity index (χ3n) is 8.84. The van der Waals surface area contributed by atoms with Gasteiger partial charge in [0, 0.05) is 18.2 Å². The molecule has 1 heterocycles. The van der Waals surface area contributed by atoms with E-state index < -0.39 is 0 Å². The van der Waals surface area contributed by atoms with E-state index in [1.807, 2.05) is 0 Å². The molecule has 0 aliphatic heterocycles. The molecule has 0 radical (unpaired) electrons. The summed E-state index contributed by atoms with van der Waals surface area (Å²) in [5, 5.41) is 33.8. The topological polar surface area (TPSA) is 127 Å². The molecule has 3 aromatic carbocycles. The van der Waals surface area contributed by atoms with Crippen molar-refractivity contribution in [1.29, 1.82) is 0 Å². The van der Waals surface area contributed by atoms with Crippen LogP contribution in [-0.4, -0.2) is 48.6 Å². The number of phenolic OH excluding ortho intramolecular Hbond substituents is 3. The molecular weight excluding hydrogens is 642 g/mol. The number of aromatic nitrogens is 3. The Bertz CT molecular complexity index is 1450. The summed E-state index contributed by atoms with van der Waals surface area (Å²) in [4.78, 5) is 14.2. The normalized spacial score (nSPS) is 11.5. The standard InChI is InChI=1S/C42H57N3O6/c1-7-13-28(14-8-2)49-31-19-22-34(37(46)25-31)40-43-41(35-23-20-32(26-38(35)47)50-29(15-9-3)16-10-4)45-42(44-40)36-24-21-33(27-39(36)48)51-30(17-11-5)18-12-6/h19-30,46-48H,7-18H2,1-6H3. The number of rotatable bonds is 21. The van der Waals surface area contributed by atoms with E-state index >= 15 is 0 Å². The first-order valence-corrected chi connectivity index (χ1v) is 19.0. The lowest BCUT2D eigenvalue weighted by Crippen LogP contribution is -2.15. The summed E-state index contributed by atoms with van der Waals surface area (Å²) in [6.45, 7) is 12.8. The second-order valence-electron chi connectivity index (χ2n) is 13.3. The van der Waals surface area contributed by atoms with Crippen LogP contribution in [0, 0.1) is 0 Å². The molecule has 51 heavy (non-hydrogen) atoms. The molecule has 0 unspecified atom stereocenters. The molecule has 3 N–H and O–H groups in total. The number of phenols is 3. The maximum atomic E-state index is 11.3. The SMILES string of the molecule is CCCC(CCC)Oc1ccc(-c2nc(-c3ccc(OC(CCC)CCC)cc3O)nc(-c3ccc(OC(CCC)CCC)cc3O)n2)c(O)c1. The summed E-state index contributed by atoms with van der Waals surface area (Å²) in [6.07, 6.45) is 11.7. The van der Waals surface area contributed by atoms with Gasteiger partial charge < -0.3 is 29.5 Å². The minimum Gasteiger partial charge on any atom is -0.507 e. The largest absolute Gasteiger partial charge is 0.507 e.